The van der Waals surface area contributed by atoms with Crippen molar-refractivity contribution >= 4 is 17.5 Å². The van der Waals surface area contributed by atoms with E-state index in [-0.39, 0.29) is 11.8 Å². The molecule has 0 radical (unpaired) electrons. The number of carbonyl (C=O) groups excluding carboxylic acids is 1. The number of piperidine rings is 1. The van der Waals surface area contributed by atoms with Gasteiger partial charge in [0.05, 0.1) is 13.2 Å². The lowest BCUT2D eigenvalue weighted by Gasteiger charge is -2.31. The fourth-order valence-corrected chi connectivity index (χ4v) is 3.54. The standard InChI is InChI=1S/C19H20N4O3/c1-12-21-17(9-20)19(26-12)23-6-4-13(5-7-23)18(24)22-16-3-2-14-10-25-11-15(14)8-16/h2-3,8,13H,4-7,10-11H2,1H3,(H,22,24). The molecule has 2 aliphatic heterocycles. The largest absolute Gasteiger partial charge is 0.424 e. The first-order valence-corrected chi connectivity index (χ1v) is 8.77. The number of nitrogens with zero attached hydrogens (tertiary/aromatic N) is 3. The first-order valence-electron chi connectivity index (χ1n) is 8.77. The van der Waals surface area contributed by atoms with Crippen molar-refractivity contribution in [3.8, 4) is 6.07 Å². The lowest BCUT2D eigenvalue weighted by Crippen LogP contribution is -2.38. The Morgan fingerprint density at radius 1 is 1.31 bits per heavy atom. The molecule has 0 spiro atoms. The first kappa shape index (κ1) is 16.6. The normalized spacial score (nSPS) is 17.0. The zero-order valence-electron chi connectivity index (χ0n) is 14.6. The van der Waals surface area contributed by atoms with E-state index >= 15 is 0 Å². The average molecular weight is 352 g/mol. The summed E-state index contributed by atoms with van der Waals surface area (Å²) < 4.78 is 11.0. The zero-order valence-corrected chi connectivity index (χ0v) is 14.6. The fourth-order valence-electron chi connectivity index (χ4n) is 3.54. The van der Waals surface area contributed by atoms with E-state index in [0.717, 1.165) is 11.3 Å². The number of anilines is 2. The second-order valence-corrected chi connectivity index (χ2v) is 6.73. The Labute approximate surface area is 151 Å². The second kappa shape index (κ2) is 6.81. The van der Waals surface area contributed by atoms with Crippen LogP contribution >= 0.6 is 0 Å². The highest BCUT2D eigenvalue weighted by Gasteiger charge is 2.28. The molecule has 26 heavy (non-hydrogen) atoms. The van der Waals surface area contributed by atoms with Crippen molar-refractivity contribution in [2.24, 2.45) is 5.92 Å². The van der Waals surface area contributed by atoms with E-state index in [9.17, 15) is 4.79 Å². The van der Waals surface area contributed by atoms with Crippen LogP contribution in [0.15, 0.2) is 22.6 Å². The zero-order chi connectivity index (χ0) is 18.1. The van der Waals surface area contributed by atoms with Crippen molar-refractivity contribution in [2.45, 2.75) is 33.0 Å². The van der Waals surface area contributed by atoms with Crippen LogP contribution in [0.25, 0.3) is 0 Å². The maximum absolute atomic E-state index is 12.6. The third kappa shape index (κ3) is 3.16. The van der Waals surface area contributed by atoms with Crippen LogP contribution in [0, 0.1) is 24.2 Å². The van der Waals surface area contributed by atoms with Gasteiger partial charge >= 0.3 is 0 Å². The number of nitriles is 1. The number of benzene rings is 1. The predicted molar refractivity (Wildman–Crippen MR) is 94.5 cm³/mol. The minimum Gasteiger partial charge on any atom is -0.424 e. The van der Waals surface area contributed by atoms with Crippen LogP contribution in [0.3, 0.4) is 0 Å². The molecule has 1 aromatic carbocycles. The van der Waals surface area contributed by atoms with E-state index in [2.05, 4.69) is 16.4 Å². The van der Waals surface area contributed by atoms with E-state index in [4.69, 9.17) is 14.4 Å². The minimum atomic E-state index is -0.0506. The van der Waals surface area contributed by atoms with Gasteiger partial charge < -0.3 is 19.4 Å². The number of amides is 1. The average Bonchev–Trinajstić information content (AvgIpc) is 3.27. The molecular formula is C19H20N4O3. The number of fused-ring (bicyclic) bond motifs is 1. The summed E-state index contributed by atoms with van der Waals surface area (Å²) in [7, 11) is 0. The van der Waals surface area contributed by atoms with Gasteiger partial charge in [0.15, 0.2) is 5.89 Å². The molecule has 1 N–H and O–H groups in total. The molecule has 1 aromatic heterocycles. The molecular weight excluding hydrogens is 332 g/mol. The highest BCUT2D eigenvalue weighted by atomic mass is 16.5. The summed E-state index contributed by atoms with van der Waals surface area (Å²) in [5, 5.41) is 12.2. The van der Waals surface area contributed by atoms with Gasteiger partial charge in [0.1, 0.15) is 6.07 Å². The van der Waals surface area contributed by atoms with E-state index in [1.807, 2.05) is 23.1 Å². The number of nitrogens with one attached hydrogen (secondary N) is 1. The van der Waals surface area contributed by atoms with Crippen molar-refractivity contribution in [1.82, 2.24) is 4.98 Å². The Kier molecular flexibility index (Phi) is 4.35. The van der Waals surface area contributed by atoms with E-state index in [0.29, 0.717) is 56.6 Å². The van der Waals surface area contributed by atoms with E-state index < -0.39 is 0 Å². The van der Waals surface area contributed by atoms with Crippen LogP contribution < -0.4 is 10.2 Å². The van der Waals surface area contributed by atoms with Crippen LogP contribution in [0.4, 0.5) is 11.6 Å². The molecule has 7 heteroatoms. The van der Waals surface area contributed by atoms with Gasteiger partial charge in [-0.15, -0.1) is 0 Å². The topological polar surface area (TPSA) is 91.4 Å². The summed E-state index contributed by atoms with van der Waals surface area (Å²) in [6.45, 7) is 4.31. The molecule has 1 saturated heterocycles. The second-order valence-electron chi connectivity index (χ2n) is 6.73. The number of aryl methyl sites for hydroxylation is 1. The Hall–Kier alpha value is -2.85. The Morgan fingerprint density at radius 3 is 2.85 bits per heavy atom. The molecule has 0 atom stereocenters. The number of carbonyl (C=O) groups is 1. The van der Waals surface area contributed by atoms with Gasteiger partial charge in [-0.1, -0.05) is 6.07 Å². The molecule has 1 fully saturated rings. The molecule has 0 aliphatic carbocycles. The molecule has 4 rings (SSSR count). The Morgan fingerprint density at radius 2 is 2.08 bits per heavy atom. The summed E-state index contributed by atoms with van der Waals surface area (Å²) >= 11 is 0. The highest BCUT2D eigenvalue weighted by molar-refractivity contribution is 5.92. The van der Waals surface area contributed by atoms with Gasteiger partial charge in [0.2, 0.25) is 17.5 Å². The molecule has 7 nitrogen and oxygen atoms in total. The monoisotopic (exact) mass is 352 g/mol. The first-order chi connectivity index (χ1) is 12.6. The number of oxazole rings is 1. The summed E-state index contributed by atoms with van der Waals surface area (Å²) in [5.74, 6) is 0.988. The van der Waals surface area contributed by atoms with Gasteiger partial charge in [-0.05, 0) is 36.1 Å². The van der Waals surface area contributed by atoms with Gasteiger partial charge in [0, 0.05) is 31.6 Å². The molecule has 3 heterocycles. The fraction of sp³-hybridized carbons (Fsp3) is 0.421. The van der Waals surface area contributed by atoms with Gasteiger partial charge in [-0.25, -0.2) is 4.98 Å². The van der Waals surface area contributed by atoms with Crippen LogP contribution in [0.1, 0.15) is 35.6 Å². The maximum atomic E-state index is 12.6. The summed E-state index contributed by atoms with van der Waals surface area (Å²) in [6.07, 6.45) is 1.43. The lowest BCUT2D eigenvalue weighted by atomic mass is 9.95. The molecule has 2 aromatic rings. The van der Waals surface area contributed by atoms with Crippen LogP contribution in [0.5, 0.6) is 0 Å². The van der Waals surface area contributed by atoms with Gasteiger partial charge in [-0.3, -0.25) is 4.79 Å². The van der Waals surface area contributed by atoms with Crippen molar-refractivity contribution in [1.29, 1.82) is 5.26 Å². The third-order valence-corrected chi connectivity index (χ3v) is 4.96. The predicted octanol–water partition coefficient (Wildman–Crippen LogP) is 2.74. The number of hydrogen-bond donors (Lipinski definition) is 1. The Balaban J connectivity index is 1.37. The minimum absolute atomic E-state index is 0.0396. The number of ether oxygens (including phenoxy) is 1. The van der Waals surface area contributed by atoms with Crippen LogP contribution in [0.2, 0.25) is 0 Å². The lowest BCUT2D eigenvalue weighted by molar-refractivity contribution is -0.120. The van der Waals surface area contributed by atoms with Crippen molar-refractivity contribution in [3.63, 3.8) is 0 Å². The molecule has 0 saturated carbocycles. The number of rotatable bonds is 3. The van der Waals surface area contributed by atoms with Crippen molar-refractivity contribution < 1.29 is 13.9 Å². The molecule has 134 valence electrons. The summed E-state index contributed by atoms with van der Waals surface area (Å²) in [6, 6.07) is 7.99. The van der Waals surface area contributed by atoms with Gasteiger partial charge in [0.25, 0.3) is 0 Å². The molecule has 0 bridgehead atoms. The van der Waals surface area contributed by atoms with Crippen LogP contribution in [-0.4, -0.2) is 24.0 Å². The Bertz CT molecular complexity index is 875. The number of aromatic nitrogens is 1. The van der Waals surface area contributed by atoms with Crippen LogP contribution in [-0.2, 0) is 22.7 Å². The number of hydrogen-bond acceptors (Lipinski definition) is 6. The van der Waals surface area contributed by atoms with E-state index in [1.165, 1.54) is 5.56 Å². The highest BCUT2D eigenvalue weighted by Crippen LogP contribution is 2.28. The smallest absolute Gasteiger partial charge is 0.234 e. The maximum Gasteiger partial charge on any atom is 0.234 e. The molecule has 2 aliphatic rings. The molecule has 0 unspecified atom stereocenters. The summed E-state index contributed by atoms with van der Waals surface area (Å²) in [5.41, 5.74) is 3.46. The SMILES string of the molecule is Cc1nc(C#N)c(N2CCC(C(=O)Nc3ccc4c(c3)COC4)CC2)o1. The van der Waals surface area contributed by atoms with Crippen molar-refractivity contribution in [2.75, 3.05) is 23.3 Å². The molecule has 1 amide bonds. The van der Waals surface area contributed by atoms with E-state index in [1.54, 1.807) is 6.92 Å². The van der Waals surface area contributed by atoms with Crippen molar-refractivity contribution in [3.05, 3.63) is 40.9 Å². The third-order valence-electron chi connectivity index (χ3n) is 4.96. The summed E-state index contributed by atoms with van der Waals surface area (Å²) in [4.78, 5) is 18.7. The van der Waals surface area contributed by atoms with Gasteiger partial charge in [-0.2, -0.15) is 5.26 Å². The quantitative estimate of drug-likeness (QED) is 0.913.